The minimum absolute atomic E-state index is 0.286. The molecule has 0 aliphatic carbocycles. The van der Waals surface area contributed by atoms with Crippen molar-refractivity contribution in [2.45, 2.75) is 38.3 Å². The molecule has 2 atom stereocenters. The molecule has 20 heavy (non-hydrogen) atoms. The predicted octanol–water partition coefficient (Wildman–Crippen LogP) is 2.78. The second-order valence-electron chi connectivity index (χ2n) is 5.74. The maximum absolute atomic E-state index is 10.3. The molecule has 1 aliphatic heterocycles. The van der Waals surface area contributed by atoms with Gasteiger partial charge in [-0.3, -0.25) is 0 Å². The van der Waals surface area contributed by atoms with Crippen LogP contribution in [0.15, 0.2) is 18.2 Å². The van der Waals surface area contributed by atoms with Crippen molar-refractivity contribution in [3.8, 4) is 5.75 Å². The van der Waals surface area contributed by atoms with Gasteiger partial charge in [0.15, 0.2) is 0 Å². The van der Waals surface area contributed by atoms with Crippen LogP contribution in [0.2, 0.25) is 0 Å². The monoisotopic (exact) mass is 295 g/mol. The van der Waals surface area contributed by atoms with Gasteiger partial charge in [-0.2, -0.15) is 11.8 Å². The molecule has 2 rings (SSSR count). The lowest BCUT2D eigenvalue weighted by atomic mass is 9.99. The Morgan fingerprint density at radius 3 is 3.00 bits per heavy atom. The van der Waals surface area contributed by atoms with Gasteiger partial charge in [-0.1, -0.05) is 19.1 Å². The second kappa shape index (κ2) is 6.83. The van der Waals surface area contributed by atoms with Gasteiger partial charge in [0, 0.05) is 24.8 Å². The summed E-state index contributed by atoms with van der Waals surface area (Å²) in [6.07, 6.45) is 4.03. The van der Waals surface area contributed by atoms with Gasteiger partial charge in [-0.25, -0.2) is 0 Å². The van der Waals surface area contributed by atoms with Crippen molar-refractivity contribution in [1.82, 2.24) is 5.32 Å². The van der Waals surface area contributed by atoms with Gasteiger partial charge in [-0.05, 0) is 36.8 Å². The molecule has 0 saturated carbocycles. The summed E-state index contributed by atoms with van der Waals surface area (Å²) in [5.41, 5.74) is 1.93. The van der Waals surface area contributed by atoms with E-state index in [0.29, 0.717) is 6.54 Å². The van der Waals surface area contributed by atoms with E-state index >= 15 is 0 Å². The van der Waals surface area contributed by atoms with E-state index in [1.807, 2.05) is 13.2 Å². The van der Waals surface area contributed by atoms with Crippen molar-refractivity contribution in [3.05, 3.63) is 29.3 Å². The van der Waals surface area contributed by atoms with Gasteiger partial charge in [-0.15, -0.1) is 0 Å². The SMILES string of the molecule is CCC(NCC(C)(O)CSC)c1ccc2c(c1)CCO2. The summed E-state index contributed by atoms with van der Waals surface area (Å²) in [5.74, 6) is 1.77. The Labute approximate surface area is 126 Å². The molecule has 112 valence electrons. The number of hydrogen-bond donors (Lipinski definition) is 2. The molecule has 0 aromatic heterocycles. The van der Waals surface area contributed by atoms with Crippen LogP contribution >= 0.6 is 11.8 Å². The lowest BCUT2D eigenvalue weighted by Crippen LogP contribution is -2.41. The number of aliphatic hydroxyl groups is 1. The second-order valence-corrected chi connectivity index (χ2v) is 6.60. The number of fused-ring (bicyclic) bond motifs is 1. The standard InChI is InChI=1S/C16H25NO2S/c1-4-14(17-10-16(2,18)11-20-3)12-5-6-15-13(9-12)7-8-19-15/h5-6,9,14,17-18H,4,7-8,10-11H2,1-3H3. The normalized spacial score (nSPS) is 18.2. The topological polar surface area (TPSA) is 41.5 Å². The van der Waals surface area contributed by atoms with Crippen molar-refractivity contribution in [1.29, 1.82) is 0 Å². The first-order chi connectivity index (χ1) is 9.55. The highest BCUT2D eigenvalue weighted by Gasteiger charge is 2.22. The molecule has 2 unspecified atom stereocenters. The van der Waals surface area contributed by atoms with E-state index in [-0.39, 0.29) is 6.04 Å². The quantitative estimate of drug-likeness (QED) is 0.811. The fourth-order valence-corrected chi connectivity index (χ4v) is 3.35. The molecular weight excluding hydrogens is 270 g/mol. The number of thioether (sulfide) groups is 1. The highest BCUT2D eigenvalue weighted by molar-refractivity contribution is 7.98. The zero-order valence-electron chi connectivity index (χ0n) is 12.6. The zero-order valence-corrected chi connectivity index (χ0v) is 13.4. The van der Waals surface area contributed by atoms with Gasteiger partial charge in [0.2, 0.25) is 0 Å². The van der Waals surface area contributed by atoms with Crippen LogP contribution in [0.4, 0.5) is 0 Å². The van der Waals surface area contributed by atoms with Crippen molar-refractivity contribution < 1.29 is 9.84 Å². The fourth-order valence-electron chi connectivity index (χ4n) is 2.63. The summed E-state index contributed by atoms with van der Waals surface area (Å²) in [6, 6.07) is 6.73. The van der Waals surface area contributed by atoms with Crippen LogP contribution in [0, 0.1) is 0 Å². The summed E-state index contributed by atoms with van der Waals surface area (Å²) in [6.45, 7) is 5.47. The van der Waals surface area contributed by atoms with Gasteiger partial charge in [0.25, 0.3) is 0 Å². The highest BCUT2D eigenvalue weighted by atomic mass is 32.2. The van der Waals surface area contributed by atoms with Crippen LogP contribution in [0.1, 0.15) is 37.4 Å². The number of benzene rings is 1. The van der Waals surface area contributed by atoms with Crippen LogP contribution in [-0.4, -0.2) is 35.9 Å². The third-order valence-corrected chi connectivity index (χ3v) is 4.62. The molecule has 1 aromatic rings. The van der Waals surface area contributed by atoms with Crippen LogP contribution < -0.4 is 10.1 Å². The molecule has 0 saturated heterocycles. The molecule has 0 spiro atoms. The zero-order chi connectivity index (χ0) is 14.6. The Hall–Kier alpha value is -0.710. The molecule has 0 fully saturated rings. The number of ether oxygens (including phenoxy) is 1. The number of rotatable bonds is 7. The van der Waals surface area contributed by atoms with E-state index in [9.17, 15) is 5.11 Å². The van der Waals surface area contributed by atoms with Crippen LogP contribution in [0.25, 0.3) is 0 Å². The molecule has 2 N–H and O–H groups in total. The molecule has 1 aliphatic rings. The Morgan fingerprint density at radius 1 is 1.50 bits per heavy atom. The van der Waals surface area contributed by atoms with E-state index in [0.717, 1.165) is 31.0 Å². The van der Waals surface area contributed by atoms with E-state index in [1.54, 1.807) is 11.8 Å². The van der Waals surface area contributed by atoms with E-state index in [1.165, 1.54) is 11.1 Å². The largest absolute Gasteiger partial charge is 0.493 e. The predicted molar refractivity (Wildman–Crippen MR) is 85.7 cm³/mol. The molecular formula is C16H25NO2S. The average Bonchev–Trinajstić information content (AvgIpc) is 2.86. The van der Waals surface area contributed by atoms with Crippen LogP contribution in [0.5, 0.6) is 5.75 Å². The van der Waals surface area contributed by atoms with Crippen LogP contribution in [-0.2, 0) is 6.42 Å². The molecule has 0 amide bonds. The van der Waals surface area contributed by atoms with E-state index in [2.05, 4.69) is 30.4 Å². The Morgan fingerprint density at radius 2 is 2.30 bits per heavy atom. The minimum Gasteiger partial charge on any atom is -0.493 e. The molecule has 0 radical (unpaired) electrons. The molecule has 0 bridgehead atoms. The lowest BCUT2D eigenvalue weighted by Gasteiger charge is -2.26. The highest BCUT2D eigenvalue weighted by Crippen LogP contribution is 2.29. The van der Waals surface area contributed by atoms with E-state index < -0.39 is 5.60 Å². The van der Waals surface area contributed by atoms with Gasteiger partial charge in [0.05, 0.1) is 12.2 Å². The Kier molecular flexibility index (Phi) is 5.35. The van der Waals surface area contributed by atoms with Crippen molar-refractivity contribution in [2.24, 2.45) is 0 Å². The first-order valence-electron chi connectivity index (χ1n) is 7.26. The molecule has 4 heteroatoms. The van der Waals surface area contributed by atoms with Crippen molar-refractivity contribution in [3.63, 3.8) is 0 Å². The van der Waals surface area contributed by atoms with Gasteiger partial charge in [0.1, 0.15) is 5.75 Å². The summed E-state index contributed by atoms with van der Waals surface area (Å²) in [5, 5.41) is 13.8. The molecule has 3 nitrogen and oxygen atoms in total. The number of hydrogen-bond acceptors (Lipinski definition) is 4. The summed E-state index contributed by atoms with van der Waals surface area (Å²) >= 11 is 1.67. The van der Waals surface area contributed by atoms with Crippen LogP contribution in [0.3, 0.4) is 0 Å². The third kappa shape index (κ3) is 3.90. The number of nitrogens with one attached hydrogen (secondary N) is 1. The maximum Gasteiger partial charge on any atom is 0.122 e. The average molecular weight is 295 g/mol. The van der Waals surface area contributed by atoms with Crippen molar-refractivity contribution in [2.75, 3.05) is 25.2 Å². The first-order valence-corrected chi connectivity index (χ1v) is 8.65. The molecule has 1 heterocycles. The maximum atomic E-state index is 10.3. The Balaban J connectivity index is 2.01. The lowest BCUT2D eigenvalue weighted by molar-refractivity contribution is 0.0812. The summed E-state index contributed by atoms with van der Waals surface area (Å²) in [7, 11) is 0. The smallest absolute Gasteiger partial charge is 0.122 e. The summed E-state index contributed by atoms with van der Waals surface area (Å²) < 4.78 is 5.55. The van der Waals surface area contributed by atoms with Crippen molar-refractivity contribution >= 4 is 11.8 Å². The van der Waals surface area contributed by atoms with E-state index in [4.69, 9.17) is 4.74 Å². The third-order valence-electron chi connectivity index (χ3n) is 3.71. The minimum atomic E-state index is -0.660. The fraction of sp³-hybridized carbons (Fsp3) is 0.625. The Bertz CT molecular complexity index is 448. The summed E-state index contributed by atoms with van der Waals surface area (Å²) in [4.78, 5) is 0. The molecule has 1 aromatic carbocycles. The first kappa shape index (κ1) is 15.7. The van der Waals surface area contributed by atoms with Gasteiger partial charge >= 0.3 is 0 Å². The van der Waals surface area contributed by atoms with Gasteiger partial charge < -0.3 is 15.2 Å².